The van der Waals surface area contributed by atoms with E-state index in [2.05, 4.69) is 50.4 Å². The van der Waals surface area contributed by atoms with E-state index in [0.717, 1.165) is 58.5 Å². The normalized spacial score (nSPS) is 20.9. The number of likely N-dealkylation sites (tertiary alicyclic amines) is 1. The van der Waals surface area contributed by atoms with Crippen LogP contribution < -0.4 is 5.32 Å². The SMILES string of the molecule is O=C(CC1CCN(Cc2ccccc2Br)CC1)NC1CCOCC1. The summed E-state index contributed by atoms with van der Waals surface area (Å²) in [4.78, 5) is 14.7. The minimum Gasteiger partial charge on any atom is -0.381 e. The van der Waals surface area contributed by atoms with Gasteiger partial charge in [0.25, 0.3) is 0 Å². The zero-order valence-electron chi connectivity index (χ0n) is 14.2. The van der Waals surface area contributed by atoms with Crippen LogP contribution in [0.3, 0.4) is 0 Å². The van der Waals surface area contributed by atoms with Gasteiger partial charge in [-0.1, -0.05) is 34.1 Å². The number of amides is 1. The van der Waals surface area contributed by atoms with Crippen LogP contribution >= 0.6 is 15.9 Å². The number of piperidine rings is 1. The van der Waals surface area contributed by atoms with Crippen LogP contribution in [0.4, 0.5) is 0 Å². The predicted octanol–water partition coefficient (Wildman–Crippen LogP) is 3.35. The fourth-order valence-corrected chi connectivity index (χ4v) is 4.02. The van der Waals surface area contributed by atoms with Crippen LogP contribution in [0, 0.1) is 5.92 Å². The van der Waals surface area contributed by atoms with Crippen molar-refractivity contribution in [3.63, 3.8) is 0 Å². The highest BCUT2D eigenvalue weighted by Crippen LogP contribution is 2.24. The van der Waals surface area contributed by atoms with Gasteiger partial charge in [-0.3, -0.25) is 9.69 Å². The van der Waals surface area contributed by atoms with Crippen LogP contribution in [0.15, 0.2) is 28.7 Å². The molecule has 4 nitrogen and oxygen atoms in total. The maximum atomic E-state index is 12.2. The third-order valence-electron chi connectivity index (χ3n) is 5.12. The van der Waals surface area contributed by atoms with Crippen molar-refractivity contribution in [2.75, 3.05) is 26.3 Å². The Balaban J connectivity index is 1.38. The molecule has 0 spiro atoms. The maximum Gasteiger partial charge on any atom is 0.220 e. The van der Waals surface area contributed by atoms with E-state index in [-0.39, 0.29) is 5.91 Å². The average Bonchev–Trinajstić information content (AvgIpc) is 2.59. The highest BCUT2D eigenvalue weighted by Gasteiger charge is 2.23. The molecule has 0 saturated carbocycles. The van der Waals surface area contributed by atoms with E-state index in [9.17, 15) is 4.79 Å². The van der Waals surface area contributed by atoms with Crippen LogP contribution in [0.5, 0.6) is 0 Å². The van der Waals surface area contributed by atoms with Gasteiger partial charge >= 0.3 is 0 Å². The van der Waals surface area contributed by atoms with Crippen molar-refractivity contribution in [3.05, 3.63) is 34.3 Å². The van der Waals surface area contributed by atoms with E-state index in [0.29, 0.717) is 18.4 Å². The molecule has 2 heterocycles. The zero-order chi connectivity index (χ0) is 16.8. The molecule has 5 heteroatoms. The molecule has 2 saturated heterocycles. The van der Waals surface area contributed by atoms with E-state index in [4.69, 9.17) is 4.74 Å². The van der Waals surface area contributed by atoms with Gasteiger partial charge in [-0.15, -0.1) is 0 Å². The summed E-state index contributed by atoms with van der Waals surface area (Å²) in [6, 6.07) is 8.74. The Hall–Kier alpha value is -0.910. The Morgan fingerprint density at radius 3 is 2.58 bits per heavy atom. The molecule has 0 unspecified atom stereocenters. The molecular formula is C19H27BrN2O2. The summed E-state index contributed by atoms with van der Waals surface area (Å²) in [5.41, 5.74) is 1.34. The first kappa shape index (κ1) is 17.9. The molecular weight excluding hydrogens is 368 g/mol. The van der Waals surface area contributed by atoms with Gasteiger partial charge in [0.05, 0.1) is 0 Å². The van der Waals surface area contributed by atoms with E-state index < -0.39 is 0 Å². The van der Waals surface area contributed by atoms with Gasteiger partial charge in [0, 0.05) is 36.7 Å². The molecule has 24 heavy (non-hydrogen) atoms. The van der Waals surface area contributed by atoms with Crippen molar-refractivity contribution in [1.82, 2.24) is 10.2 Å². The van der Waals surface area contributed by atoms with Crippen molar-refractivity contribution >= 4 is 21.8 Å². The summed E-state index contributed by atoms with van der Waals surface area (Å²) in [5, 5.41) is 3.19. The van der Waals surface area contributed by atoms with Crippen molar-refractivity contribution in [2.24, 2.45) is 5.92 Å². The fraction of sp³-hybridized carbons (Fsp3) is 0.632. The average molecular weight is 395 g/mol. The lowest BCUT2D eigenvalue weighted by Crippen LogP contribution is -2.41. The highest BCUT2D eigenvalue weighted by atomic mass is 79.9. The number of carbonyl (C=O) groups is 1. The Labute approximate surface area is 153 Å². The van der Waals surface area contributed by atoms with Crippen LogP contribution in [0.25, 0.3) is 0 Å². The molecule has 2 aliphatic rings. The standard InChI is InChI=1S/C19H27BrN2O2/c20-18-4-2-1-3-16(18)14-22-9-5-15(6-10-22)13-19(23)21-17-7-11-24-12-8-17/h1-4,15,17H,5-14H2,(H,21,23). The maximum absolute atomic E-state index is 12.2. The van der Waals surface area contributed by atoms with Gasteiger partial charge in [0.15, 0.2) is 0 Å². The van der Waals surface area contributed by atoms with Crippen LogP contribution in [-0.4, -0.2) is 43.2 Å². The van der Waals surface area contributed by atoms with Gasteiger partial charge in [-0.2, -0.15) is 0 Å². The number of benzene rings is 1. The van der Waals surface area contributed by atoms with Gasteiger partial charge in [-0.05, 0) is 56.3 Å². The van der Waals surface area contributed by atoms with Crippen LogP contribution in [0.1, 0.15) is 37.7 Å². The largest absolute Gasteiger partial charge is 0.381 e. The summed E-state index contributed by atoms with van der Waals surface area (Å²) in [7, 11) is 0. The topological polar surface area (TPSA) is 41.6 Å². The summed E-state index contributed by atoms with van der Waals surface area (Å²) < 4.78 is 6.52. The smallest absolute Gasteiger partial charge is 0.220 e. The van der Waals surface area contributed by atoms with E-state index in [1.165, 1.54) is 10.0 Å². The number of nitrogens with one attached hydrogen (secondary N) is 1. The van der Waals surface area contributed by atoms with Gasteiger partial charge in [0.1, 0.15) is 0 Å². The van der Waals surface area contributed by atoms with E-state index in [1.54, 1.807) is 0 Å². The second-order valence-electron chi connectivity index (χ2n) is 6.97. The zero-order valence-corrected chi connectivity index (χ0v) is 15.8. The minimum absolute atomic E-state index is 0.228. The molecule has 2 fully saturated rings. The first-order valence-electron chi connectivity index (χ1n) is 9.03. The number of carbonyl (C=O) groups excluding carboxylic acids is 1. The third kappa shape index (κ3) is 5.30. The third-order valence-corrected chi connectivity index (χ3v) is 5.89. The molecule has 0 bridgehead atoms. The van der Waals surface area contributed by atoms with E-state index >= 15 is 0 Å². The van der Waals surface area contributed by atoms with E-state index in [1.807, 2.05) is 0 Å². The van der Waals surface area contributed by atoms with Crippen LogP contribution in [0.2, 0.25) is 0 Å². The lowest BCUT2D eigenvalue weighted by Gasteiger charge is -2.32. The number of hydrogen-bond acceptors (Lipinski definition) is 3. The Kier molecular flexibility index (Phi) is 6.69. The molecule has 1 aromatic carbocycles. The Morgan fingerprint density at radius 1 is 1.17 bits per heavy atom. The summed E-state index contributed by atoms with van der Waals surface area (Å²) >= 11 is 3.63. The molecule has 3 rings (SSSR count). The van der Waals surface area contributed by atoms with Crippen molar-refractivity contribution in [2.45, 2.75) is 44.7 Å². The molecule has 2 aliphatic heterocycles. The summed E-state index contributed by atoms with van der Waals surface area (Å²) in [5.74, 6) is 0.756. The van der Waals surface area contributed by atoms with Crippen molar-refractivity contribution in [3.8, 4) is 0 Å². The molecule has 0 aromatic heterocycles. The van der Waals surface area contributed by atoms with Crippen LogP contribution in [-0.2, 0) is 16.1 Å². The fourth-order valence-electron chi connectivity index (χ4n) is 3.61. The Morgan fingerprint density at radius 2 is 1.88 bits per heavy atom. The second-order valence-corrected chi connectivity index (χ2v) is 7.82. The molecule has 1 aromatic rings. The second kappa shape index (κ2) is 8.97. The molecule has 1 N–H and O–H groups in total. The predicted molar refractivity (Wildman–Crippen MR) is 98.7 cm³/mol. The van der Waals surface area contributed by atoms with Crippen molar-refractivity contribution in [1.29, 1.82) is 0 Å². The molecule has 0 aliphatic carbocycles. The lowest BCUT2D eigenvalue weighted by atomic mass is 9.92. The number of nitrogens with zero attached hydrogens (tertiary/aromatic N) is 1. The highest BCUT2D eigenvalue weighted by molar-refractivity contribution is 9.10. The number of rotatable bonds is 5. The Bertz CT molecular complexity index is 538. The van der Waals surface area contributed by atoms with Gasteiger partial charge in [0.2, 0.25) is 5.91 Å². The summed E-state index contributed by atoms with van der Waals surface area (Å²) in [6.45, 7) is 4.70. The van der Waals surface area contributed by atoms with Gasteiger partial charge in [-0.25, -0.2) is 0 Å². The molecule has 1 amide bonds. The molecule has 0 atom stereocenters. The monoisotopic (exact) mass is 394 g/mol. The number of hydrogen-bond donors (Lipinski definition) is 1. The minimum atomic E-state index is 0.228. The van der Waals surface area contributed by atoms with Crippen molar-refractivity contribution < 1.29 is 9.53 Å². The number of halogens is 1. The van der Waals surface area contributed by atoms with Gasteiger partial charge < -0.3 is 10.1 Å². The lowest BCUT2D eigenvalue weighted by molar-refractivity contribution is -0.123. The first-order chi connectivity index (χ1) is 11.7. The first-order valence-corrected chi connectivity index (χ1v) is 9.83. The summed E-state index contributed by atoms with van der Waals surface area (Å²) in [6.07, 6.45) is 4.82. The quantitative estimate of drug-likeness (QED) is 0.832. The number of ether oxygens (including phenoxy) is 1. The molecule has 132 valence electrons. The molecule has 0 radical (unpaired) electrons.